The number of sulfone groups is 1. The molecule has 24 heavy (non-hydrogen) atoms. The van der Waals surface area contributed by atoms with E-state index in [1.54, 1.807) is 6.07 Å². The second-order valence-electron chi connectivity index (χ2n) is 6.49. The first kappa shape index (κ1) is 18.7. The summed E-state index contributed by atoms with van der Waals surface area (Å²) in [7, 11) is -3.20. The number of hydrogen-bond acceptors (Lipinski definition) is 2. The van der Waals surface area contributed by atoms with E-state index in [2.05, 4.69) is 39.0 Å². The molecule has 2 aromatic rings. The highest BCUT2D eigenvalue weighted by Gasteiger charge is 2.15. The molecule has 0 unspecified atom stereocenters. The summed E-state index contributed by atoms with van der Waals surface area (Å²) in [6, 6.07) is 14.1. The van der Waals surface area contributed by atoms with Gasteiger partial charge < -0.3 is 0 Å². The number of benzene rings is 2. The van der Waals surface area contributed by atoms with Gasteiger partial charge in [0.25, 0.3) is 0 Å². The average Bonchev–Trinajstić information content (AvgIpc) is 2.56. The van der Waals surface area contributed by atoms with Gasteiger partial charge in [0.15, 0.2) is 9.84 Å². The van der Waals surface area contributed by atoms with Crippen molar-refractivity contribution < 1.29 is 8.42 Å². The first-order valence-electron chi connectivity index (χ1n) is 8.84. The molecule has 0 N–H and O–H groups in total. The van der Waals surface area contributed by atoms with Gasteiger partial charge in [0.05, 0.1) is 4.90 Å². The highest BCUT2D eigenvalue weighted by Crippen LogP contribution is 2.35. The summed E-state index contributed by atoms with van der Waals surface area (Å²) in [5.41, 5.74) is 4.82. The zero-order valence-electron chi connectivity index (χ0n) is 15.2. The summed E-state index contributed by atoms with van der Waals surface area (Å²) in [5.74, 6) is 0.498. The van der Waals surface area contributed by atoms with Gasteiger partial charge >= 0.3 is 0 Å². The van der Waals surface area contributed by atoms with Crippen LogP contribution in [0.1, 0.15) is 57.1 Å². The van der Waals surface area contributed by atoms with E-state index in [4.69, 9.17) is 0 Å². The summed E-state index contributed by atoms with van der Waals surface area (Å²) in [5, 5.41) is 0. The fraction of sp³-hybridized carbons (Fsp3) is 0.429. The Bertz CT molecular complexity index is 787. The lowest BCUT2D eigenvalue weighted by molar-refractivity contribution is 0.602. The first-order chi connectivity index (χ1) is 11.4. The van der Waals surface area contributed by atoms with Gasteiger partial charge in [0.2, 0.25) is 0 Å². The van der Waals surface area contributed by atoms with Crippen LogP contribution in [0.5, 0.6) is 0 Å². The number of hydrogen-bond donors (Lipinski definition) is 0. The van der Waals surface area contributed by atoms with Crippen LogP contribution in [0.15, 0.2) is 47.4 Å². The lowest BCUT2D eigenvalue weighted by Gasteiger charge is -2.19. The standard InChI is InChI=1S/C21H28O2S/c1-5-9-16-12-13-20(17(6-2)7-3)21(14-16)18-10-8-11-19(15-18)24(4,22)23/h8,10-15,17H,5-7,9H2,1-4H3. The van der Waals surface area contributed by atoms with Crippen molar-refractivity contribution in [1.82, 2.24) is 0 Å². The summed E-state index contributed by atoms with van der Waals surface area (Å²) >= 11 is 0. The number of rotatable bonds is 7. The molecule has 2 nitrogen and oxygen atoms in total. The molecule has 0 aromatic heterocycles. The molecule has 0 fully saturated rings. The van der Waals surface area contributed by atoms with Crippen LogP contribution in [0.2, 0.25) is 0 Å². The van der Waals surface area contributed by atoms with Crippen molar-refractivity contribution in [3.8, 4) is 11.1 Å². The molecule has 0 atom stereocenters. The van der Waals surface area contributed by atoms with Gasteiger partial charge in [-0.2, -0.15) is 0 Å². The third-order valence-corrected chi connectivity index (χ3v) is 5.77. The summed E-state index contributed by atoms with van der Waals surface area (Å²) < 4.78 is 23.8. The van der Waals surface area contributed by atoms with Crippen LogP contribution in [0.4, 0.5) is 0 Å². The fourth-order valence-corrected chi connectivity index (χ4v) is 3.94. The quantitative estimate of drug-likeness (QED) is 0.654. The molecule has 0 bridgehead atoms. The smallest absolute Gasteiger partial charge is 0.175 e. The van der Waals surface area contributed by atoms with Crippen molar-refractivity contribution in [2.45, 2.75) is 57.3 Å². The van der Waals surface area contributed by atoms with Gasteiger partial charge in [-0.05, 0) is 59.6 Å². The van der Waals surface area contributed by atoms with Gasteiger partial charge in [-0.1, -0.05) is 57.5 Å². The predicted octanol–water partition coefficient (Wildman–Crippen LogP) is 5.61. The van der Waals surface area contributed by atoms with Crippen molar-refractivity contribution in [3.05, 3.63) is 53.6 Å². The molecule has 130 valence electrons. The second kappa shape index (κ2) is 7.98. The van der Waals surface area contributed by atoms with Crippen molar-refractivity contribution >= 4 is 9.84 Å². The van der Waals surface area contributed by atoms with Crippen LogP contribution in [-0.2, 0) is 16.3 Å². The van der Waals surface area contributed by atoms with Crippen molar-refractivity contribution in [2.24, 2.45) is 0 Å². The Kier molecular flexibility index (Phi) is 6.22. The summed E-state index contributed by atoms with van der Waals surface area (Å²) in [6.07, 6.45) is 5.58. The Morgan fingerprint density at radius 1 is 0.958 bits per heavy atom. The molecule has 0 aliphatic rings. The Morgan fingerprint density at radius 2 is 1.67 bits per heavy atom. The van der Waals surface area contributed by atoms with Crippen molar-refractivity contribution in [1.29, 1.82) is 0 Å². The molecule has 0 amide bonds. The highest BCUT2D eigenvalue weighted by molar-refractivity contribution is 7.90. The Hall–Kier alpha value is -1.61. The van der Waals surface area contributed by atoms with E-state index < -0.39 is 9.84 Å². The number of aryl methyl sites for hydroxylation is 1. The van der Waals surface area contributed by atoms with Gasteiger partial charge in [-0.3, -0.25) is 0 Å². The molecule has 3 heteroatoms. The maximum absolute atomic E-state index is 11.9. The van der Waals surface area contributed by atoms with Crippen molar-refractivity contribution in [3.63, 3.8) is 0 Å². The largest absolute Gasteiger partial charge is 0.224 e. The van der Waals surface area contributed by atoms with Crippen LogP contribution >= 0.6 is 0 Å². The highest BCUT2D eigenvalue weighted by atomic mass is 32.2. The minimum Gasteiger partial charge on any atom is -0.224 e. The second-order valence-corrected chi connectivity index (χ2v) is 8.50. The van der Waals surface area contributed by atoms with E-state index >= 15 is 0 Å². The van der Waals surface area contributed by atoms with Crippen LogP contribution in [0, 0.1) is 0 Å². The van der Waals surface area contributed by atoms with Crippen LogP contribution < -0.4 is 0 Å². The molecule has 0 saturated heterocycles. The molecule has 0 heterocycles. The maximum Gasteiger partial charge on any atom is 0.175 e. The topological polar surface area (TPSA) is 34.1 Å². The molecule has 0 radical (unpaired) electrons. The molecular formula is C21H28O2S. The van der Waals surface area contributed by atoms with Gasteiger partial charge in [-0.15, -0.1) is 0 Å². The van der Waals surface area contributed by atoms with Crippen LogP contribution in [0.25, 0.3) is 11.1 Å². The fourth-order valence-electron chi connectivity index (χ4n) is 3.28. The van der Waals surface area contributed by atoms with E-state index in [1.807, 2.05) is 18.2 Å². The van der Waals surface area contributed by atoms with E-state index in [0.717, 1.165) is 31.2 Å². The Labute approximate surface area is 146 Å². The first-order valence-corrected chi connectivity index (χ1v) is 10.7. The third kappa shape index (κ3) is 4.27. The van der Waals surface area contributed by atoms with Crippen LogP contribution in [0.3, 0.4) is 0 Å². The summed E-state index contributed by atoms with van der Waals surface area (Å²) in [4.78, 5) is 0.386. The van der Waals surface area contributed by atoms with Gasteiger partial charge in [0, 0.05) is 6.26 Å². The van der Waals surface area contributed by atoms with Gasteiger partial charge in [0.1, 0.15) is 0 Å². The zero-order valence-corrected chi connectivity index (χ0v) is 16.0. The lowest BCUT2D eigenvalue weighted by atomic mass is 9.86. The molecule has 0 aliphatic carbocycles. The summed E-state index contributed by atoms with van der Waals surface area (Å²) in [6.45, 7) is 6.61. The molecule has 2 aromatic carbocycles. The average molecular weight is 345 g/mol. The van der Waals surface area contributed by atoms with E-state index in [-0.39, 0.29) is 0 Å². The predicted molar refractivity (Wildman–Crippen MR) is 102 cm³/mol. The van der Waals surface area contributed by atoms with Crippen molar-refractivity contribution in [2.75, 3.05) is 6.26 Å². The van der Waals surface area contributed by atoms with E-state index in [0.29, 0.717) is 10.8 Å². The molecule has 0 spiro atoms. The van der Waals surface area contributed by atoms with Crippen LogP contribution in [-0.4, -0.2) is 14.7 Å². The Balaban J connectivity index is 2.63. The molecule has 0 aliphatic heterocycles. The lowest BCUT2D eigenvalue weighted by Crippen LogP contribution is -2.01. The molecule has 0 saturated carbocycles. The van der Waals surface area contributed by atoms with E-state index in [1.165, 1.54) is 22.9 Å². The SMILES string of the molecule is CCCc1ccc(C(CC)CC)c(-c2cccc(S(C)(=O)=O)c2)c1. The molecular weight excluding hydrogens is 316 g/mol. The van der Waals surface area contributed by atoms with E-state index in [9.17, 15) is 8.42 Å². The molecule has 2 rings (SSSR count). The minimum atomic E-state index is -3.20. The zero-order chi connectivity index (χ0) is 17.7. The third-order valence-electron chi connectivity index (χ3n) is 4.65. The normalized spacial score (nSPS) is 11.9. The maximum atomic E-state index is 11.9. The Morgan fingerprint density at radius 3 is 2.25 bits per heavy atom. The minimum absolute atomic E-state index is 0.386. The monoisotopic (exact) mass is 344 g/mol. The van der Waals surface area contributed by atoms with Gasteiger partial charge in [-0.25, -0.2) is 8.42 Å².